The molecule has 4 aromatic rings. The van der Waals surface area contributed by atoms with Gasteiger partial charge in [0.1, 0.15) is 22.6 Å². The van der Waals surface area contributed by atoms with Gasteiger partial charge in [0.25, 0.3) is 5.91 Å². The first kappa shape index (κ1) is 28.3. The Morgan fingerprint density at radius 2 is 2.00 bits per heavy atom. The monoisotopic (exact) mass is 568 g/mol. The molecule has 204 valence electrons. The molecule has 0 saturated heterocycles. The summed E-state index contributed by atoms with van der Waals surface area (Å²) in [7, 11) is 0. The third-order valence-electron chi connectivity index (χ3n) is 6.08. The summed E-state index contributed by atoms with van der Waals surface area (Å²) < 4.78 is 21.6. The van der Waals surface area contributed by atoms with Crippen molar-refractivity contribution in [3.63, 3.8) is 0 Å². The van der Waals surface area contributed by atoms with Crippen molar-refractivity contribution < 1.29 is 23.8 Å². The number of aromatic nitrogens is 3. The van der Waals surface area contributed by atoms with Crippen LogP contribution < -0.4 is 10.1 Å². The number of rotatable bonds is 14. The van der Waals surface area contributed by atoms with Crippen LogP contribution >= 0.6 is 23.1 Å². The van der Waals surface area contributed by atoms with Crippen molar-refractivity contribution in [1.29, 1.82) is 0 Å². The number of thioether (sulfide) groups is 1. The second-order valence-corrected chi connectivity index (χ2v) is 10.7. The van der Waals surface area contributed by atoms with Gasteiger partial charge in [-0.2, -0.15) is 11.8 Å². The first-order chi connectivity index (χ1) is 18.9. The number of imidazole rings is 1. The highest BCUT2D eigenvalue weighted by molar-refractivity contribution is 7.98. The molecule has 0 saturated carbocycles. The standard InChI is InChI=1S/C28H29FN4O4S2/c1-38-14-10-24(28(35)36)32-26(34)23-16-22(9-6-20(23)5-2-19-3-7-21(29)8-4-19)37-25(27-31-12-15-39-27)17-33-13-11-30-18-33/h3-4,6-9,11-13,15-16,18,24-25H,2,5,10,14,17H2,1H3,(H,32,34)(H,35,36). The van der Waals surface area contributed by atoms with E-state index in [2.05, 4.69) is 15.3 Å². The van der Waals surface area contributed by atoms with Crippen LogP contribution in [0.5, 0.6) is 5.75 Å². The smallest absolute Gasteiger partial charge is 0.326 e. The van der Waals surface area contributed by atoms with Crippen LogP contribution in [0.25, 0.3) is 0 Å². The van der Waals surface area contributed by atoms with Gasteiger partial charge in [0, 0.05) is 29.5 Å². The number of hydrogen-bond acceptors (Lipinski definition) is 7. The molecule has 2 heterocycles. The zero-order chi connectivity index (χ0) is 27.6. The minimum Gasteiger partial charge on any atom is -0.481 e. The lowest BCUT2D eigenvalue weighted by atomic mass is 9.98. The minimum absolute atomic E-state index is 0.306. The number of aryl methyl sites for hydroxylation is 2. The average Bonchev–Trinajstić information content (AvgIpc) is 3.65. The Balaban J connectivity index is 1.60. The lowest BCUT2D eigenvalue weighted by Crippen LogP contribution is -2.41. The number of carboxylic acids is 1. The van der Waals surface area contributed by atoms with Gasteiger partial charge in [0.15, 0.2) is 6.10 Å². The van der Waals surface area contributed by atoms with Crippen LogP contribution in [0.1, 0.15) is 39.0 Å². The summed E-state index contributed by atoms with van der Waals surface area (Å²) in [4.78, 5) is 33.7. The highest BCUT2D eigenvalue weighted by Crippen LogP contribution is 2.28. The van der Waals surface area contributed by atoms with Crippen LogP contribution in [-0.2, 0) is 24.2 Å². The molecule has 39 heavy (non-hydrogen) atoms. The number of nitrogens with zero attached hydrogens (tertiary/aromatic N) is 3. The summed E-state index contributed by atoms with van der Waals surface area (Å²) in [5.74, 6) is -0.815. The van der Waals surface area contributed by atoms with Gasteiger partial charge in [-0.3, -0.25) is 4.79 Å². The number of hydrogen-bond donors (Lipinski definition) is 2. The molecule has 2 atom stereocenters. The topological polar surface area (TPSA) is 106 Å². The molecule has 0 aliphatic heterocycles. The molecule has 2 aromatic carbocycles. The SMILES string of the molecule is CSCCC(NC(=O)c1cc(OC(Cn2ccnc2)c2nccs2)ccc1CCc1ccc(F)cc1)C(=O)O. The first-order valence-corrected chi connectivity index (χ1v) is 14.6. The fraction of sp³-hybridized carbons (Fsp3) is 0.286. The van der Waals surface area contributed by atoms with Gasteiger partial charge < -0.3 is 19.7 Å². The third kappa shape index (κ3) is 8.14. The van der Waals surface area contributed by atoms with E-state index in [4.69, 9.17) is 4.74 Å². The molecule has 0 radical (unpaired) electrons. The summed E-state index contributed by atoms with van der Waals surface area (Å²) in [6, 6.07) is 10.5. The van der Waals surface area contributed by atoms with E-state index in [9.17, 15) is 19.1 Å². The van der Waals surface area contributed by atoms with Crippen molar-refractivity contribution in [2.24, 2.45) is 0 Å². The highest BCUT2D eigenvalue weighted by Gasteiger charge is 2.23. The van der Waals surface area contributed by atoms with Gasteiger partial charge in [0.2, 0.25) is 0 Å². The number of ether oxygens (including phenoxy) is 1. The molecule has 0 fully saturated rings. The first-order valence-electron chi connectivity index (χ1n) is 12.3. The maximum Gasteiger partial charge on any atom is 0.326 e. The molecule has 4 rings (SSSR count). The molecule has 2 aromatic heterocycles. The van der Waals surface area contributed by atoms with Crippen molar-refractivity contribution >= 4 is 35.0 Å². The molecule has 0 aliphatic rings. The summed E-state index contributed by atoms with van der Waals surface area (Å²) in [5, 5.41) is 15.0. The molecule has 0 spiro atoms. The van der Waals surface area contributed by atoms with E-state index in [1.54, 1.807) is 43.0 Å². The Bertz CT molecular complexity index is 1350. The number of carbonyl (C=O) groups excluding carboxylic acids is 1. The quantitative estimate of drug-likeness (QED) is 0.220. The van der Waals surface area contributed by atoms with E-state index >= 15 is 0 Å². The molecule has 0 bridgehead atoms. The van der Waals surface area contributed by atoms with Gasteiger partial charge in [-0.25, -0.2) is 19.2 Å². The lowest BCUT2D eigenvalue weighted by Gasteiger charge is -2.20. The molecular weight excluding hydrogens is 539 g/mol. The van der Waals surface area contributed by atoms with Crippen LogP contribution in [0.4, 0.5) is 4.39 Å². The van der Waals surface area contributed by atoms with Crippen molar-refractivity contribution in [2.45, 2.75) is 38.0 Å². The Morgan fingerprint density at radius 3 is 2.67 bits per heavy atom. The predicted molar refractivity (Wildman–Crippen MR) is 150 cm³/mol. The van der Waals surface area contributed by atoms with E-state index < -0.39 is 24.0 Å². The van der Waals surface area contributed by atoms with E-state index in [0.717, 1.165) is 16.1 Å². The molecule has 0 aliphatic carbocycles. The number of carbonyl (C=O) groups is 2. The van der Waals surface area contributed by atoms with Crippen molar-refractivity contribution in [2.75, 3.05) is 12.0 Å². The maximum atomic E-state index is 13.4. The normalized spacial score (nSPS) is 12.6. The van der Waals surface area contributed by atoms with Crippen LogP contribution in [0.15, 0.2) is 72.8 Å². The number of aliphatic carboxylic acids is 1. The maximum absolute atomic E-state index is 13.4. The lowest BCUT2D eigenvalue weighted by molar-refractivity contribution is -0.139. The zero-order valence-electron chi connectivity index (χ0n) is 21.3. The number of thiazole rings is 1. The minimum atomic E-state index is -1.08. The van der Waals surface area contributed by atoms with Crippen LogP contribution in [0, 0.1) is 5.82 Å². The summed E-state index contributed by atoms with van der Waals surface area (Å²) in [6.45, 7) is 0.469. The number of nitrogens with one attached hydrogen (secondary N) is 1. The molecule has 11 heteroatoms. The van der Waals surface area contributed by atoms with Crippen LogP contribution in [0.2, 0.25) is 0 Å². The van der Waals surface area contributed by atoms with Gasteiger partial charge in [-0.1, -0.05) is 18.2 Å². The molecular formula is C28H29FN4O4S2. The highest BCUT2D eigenvalue weighted by atomic mass is 32.2. The summed E-state index contributed by atoms with van der Waals surface area (Å²) >= 11 is 2.99. The largest absolute Gasteiger partial charge is 0.481 e. The fourth-order valence-corrected chi connectivity index (χ4v) is 5.16. The van der Waals surface area contributed by atoms with Crippen molar-refractivity contribution in [1.82, 2.24) is 19.9 Å². The van der Waals surface area contributed by atoms with Gasteiger partial charge in [0.05, 0.1) is 12.9 Å². The summed E-state index contributed by atoms with van der Waals surface area (Å²) in [5.41, 5.74) is 2.00. The number of amides is 1. The van der Waals surface area contributed by atoms with Crippen molar-refractivity contribution in [3.8, 4) is 5.75 Å². The van der Waals surface area contributed by atoms with Gasteiger partial charge in [-0.05, 0) is 66.7 Å². The van der Waals surface area contributed by atoms with Crippen molar-refractivity contribution in [3.05, 3.63) is 100 Å². The van der Waals surface area contributed by atoms with E-state index in [-0.39, 0.29) is 5.82 Å². The Morgan fingerprint density at radius 1 is 1.18 bits per heavy atom. The van der Waals surface area contributed by atoms with Crippen LogP contribution in [0.3, 0.4) is 0 Å². The Kier molecular flexibility index (Phi) is 10.1. The van der Waals surface area contributed by atoms with Crippen LogP contribution in [-0.4, -0.2) is 49.6 Å². The predicted octanol–water partition coefficient (Wildman–Crippen LogP) is 5.02. The van der Waals surface area contributed by atoms with E-state index in [1.807, 2.05) is 28.5 Å². The second-order valence-electron chi connectivity index (χ2n) is 8.83. The molecule has 2 unspecified atom stereocenters. The zero-order valence-corrected chi connectivity index (χ0v) is 23.0. The summed E-state index contributed by atoms with van der Waals surface area (Å²) in [6.07, 6.45) is 9.78. The molecule has 1 amide bonds. The van der Waals surface area contributed by atoms with E-state index in [1.165, 1.54) is 35.2 Å². The fourth-order valence-electron chi connectivity index (χ4n) is 4.03. The van der Waals surface area contributed by atoms with E-state index in [0.29, 0.717) is 42.9 Å². The Hall–Kier alpha value is -3.70. The number of benzene rings is 2. The number of halogens is 1. The Labute approximate surface area is 234 Å². The van der Waals surface area contributed by atoms with Gasteiger partial charge >= 0.3 is 5.97 Å². The number of carboxylic acid groups (broad SMARTS) is 1. The molecule has 2 N–H and O–H groups in total. The third-order valence-corrected chi connectivity index (χ3v) is 7.59. The second kappa shape index (κ2) is 13.9. The molecule has 8 nitrogen and oxygen atoms in total. The van der Waals surface area contributed by atoms with Gasteiger partial charge in [-0.15, -0.1) is 11.3 Å². The average molecular weight is 569 g/mol.